The van der Waals surface area contributed by atoms with Gasteiger partial charge in [0, 0.05) is 12.1 Å². The molecule has 0 heterocycles. The number of nitro groups is 1. The van der Waals surface area contributed by atoms with E-state index in [2.05, 4.69) is 0 Å². The molecule has 0 aliphatic carbocycles. The van der Waals surface area contributed by atoms with Crippen molar-refractivity contribution in [2.45, 2.75) is 0 Å². The molecule has 0 aromatic heterocycles. The predicted molar refractivity (Wildman–Crippen MR) is 83.3 cm³/mol. The fourth-order valence-electron chi connectivity index (χ4n) is 1.98. The lowest BCUT2D eigenvalue weighted by atomic mass is 10.0. The van der Waals surface area contributed by atoms with Crippen molar-refractivity contribution in [3.05, 3.63) is 63.7 Å². The van der Waals surface area contributed by atoms with Crippen molar-refractivity contribution < 1.29 is 24.7 Å². The Bertz CT molecular complexity index is 780. The van der Waals surface area contributed by atoms with E-state index in [4.69, 9.17) is 4.74 Å². The summed E-state index contributed by atoms with van der Waals surface area (Å²) >= 11 is 0. The molecule has 7 nitrogen and oxygen atoms in total. The third kappa shape index (κ3) is 3.65. The maximum atomic E-state index is 11.5. The van der Waals surface area contributed by atoms with Crippen LogP contribution in [0.3, 0.4) is 0 Å². The van der Waals surface area contributed by atoms with Gasteiger partial charge in [0.1, 0.15) is 0 Å². The van der Waals surface area contributed by atoms with Gasteiger partial charge >= 0.3 is 5.97 Å². The van der Waals surface area contributed by atoms with Gasteiger partial charge in [0.25, 0.3) is 5.69 Å². The number of ether oxygens (including phenoxy) is 1. The Morgan fingerprint density at radius 3 is 2.39 bits per heavy atom. The number of carboxylic acids is 1. The smallest absolute Gasteiger partial charge is 0.336 e. The van der Waals surface area contributed by atoms with Gasteiger partial charge in [0.2, 0.25) is 0 Å². The first kappa shape index (κ1) is 16.0. The minimum atomic E-state index is -1.18. The highest BCUT2D eigenvalue weighted by Gasteiger charge is 2.13. The number of nitrogens with zero attached hydrogens (tertiary/aromatic N) is 1. The Hall–Kier alpha value is -3.35. The summed E-state index contributed by atoms with van der Waals surface area (Å²) in [5, 5.41) is 29.6. The standard InChI is InChI=1S/C16H13NO6/c1-23-15-9-10(2-7-14(15)18)8-13(16(19)20)11-3-5-12(6-4-11)17(21)22/h2-9,18H,1H3,(H,19,20). The minimum Gasteiger partial charge on any atom is -0.504 e. The molecule has 0 saturated carbocycles. The molecule has 0 unspecified atom stereocenters. The normalized spacial score (nSPS) is 11.1. The molecule has 0 saturated heterocycles. The zero-order valence-electron chi connectivity index (χ0n) is 12.1. The van der Waals surface area contributed by atoms with Gasteiger partial charge in [-0.1, -0.05) is 6.07 Å². The molecular formula is C16H13NO6. The van der Waals surface area contributed by atoms with Crippen molar-refractivity contribution in [1.82, 2.24) is 0 Å². The van der Waals surface area contributed by atoms with E-state index in [1.807, 2.05) is 0 Å². The van der Waals surface area contributed by atoms with Gasteiger partial charge < -0.3 is 14.9 Å². The molecule has 0 amide bonds. The van der Waals surface area contributed by atoms with Gasteiger partial charge in [-0.05, 0) is 41.5 Å². The van der Waals surface area contributed by atoms with Crippen molar-refractivity contribution in [2.24, 2.45) is 0 Å². The average molecular weight is 315 g/mol. The van der Waals surface area contributed by atoms with E-state index < -0.39 is 10.9 Å². The highest BCUT2D eigenvalue weighted by Crippen LogP contribution is 2.29. The summed E-state index contributed by atoms with van der Waals surface area (Å²) in [6, 6.07) is 9.63. The predicted octanol–water partition coefficient (Wildman–Crippen LogP) is 2.93. The average Bonchev–Trinajstić information content (AvgIpc) is 2.53. The number of non-ortho nitro benzene ring substituents is 1. The number of benzene rings is 2. The van der Waals surface area contributed by atoms with Crippen LogP contribution in [0.1, 0.15) is 11.1 Å². The minimum absolute atomic E-state index is 0.0346. The first-order chi connectivity index (χ1) is 10.9. The first-order valence-corrected chi connectivity index (χ1v) is 6.49. The van der Waals surface area contributed by atoms with Crippen LogP contribution < -0.4 is 4.74 Å². The molecule has 2 aromatic rings. The van der Waals surface area contributed by atoms with Crippen LogP contribution >= 0.6 is 0 Å². The summed E-state index contributed by atoms with van der Waals surface area (Å²) in [5.41, 5.74) is 0.683. The van der Waals surface area contributed by atoms with E-state index in [9.17, 15) is 25.1 Å². The van der Waals surface area contributed by atoms with Gasteiger partial charge in [0.15, 0.2) is 11.5 Å². The number of carboxylic acid groups (broad SMARTS) is 1. The van der Waals surface area contributed by atoms with E-state index in [-0.39, 0.29) is 22.8 Å². The van der Waals surface area contributed by atoms with Gasteiger partial charge in [0.05, 0.1) is 17.6 Å². The lowest BCUT2D eigenvalue weighted by Gasteiger charge is -2.06. The van der Waals surface area contributed by atoms with Gasteiger partial charge in [-0.3, -0.25) is 10.1 Å². The molecule has 2 aromatic carbocycles. The zero-order valence-corrected chi connectivity index (χ0v) is 12.1. The Kier molecular flexibility index (Phi) is 4.61. The second-order valence-corrected chi connectivity index (χ2v) is 4.60. The highest BCUT2D eigenvalue weighted by molar-refractivity contribution is 6.20. The summed E-state index contributed by atoms with van der Waals surface area (Å²) in [4.78, 5) is 21.6. The second kappa shape index (κ2) is 6.61. The van der Waals surface area contributed by atoms with Crippen molar-refractivity contribution >= 4 is 23.3 Å². The summed E-state index contributed by atoms with van der Waals surface area (Å²) in [7, 11) is 1.39. The molecule has 0 bridgehead atoms. The Labute approximate surface area is 131 Å². The summed E-state index contributed by atoms with van der Waals surface area (Å²) in [6.07, 6.45) is 1.39. The number of methoxy groups -OCH3 is 1. The Morgan fingerprint density at radius 2 is 1.87 bits per heavy atom. The molecule has 118 valence electrons. The highest BCUT2D eigenvalue weighted by atomic mass is 16.6. The number of rotatable bonds is 5. The molecule has 0 atom stereocenters. The van der Waals surface area contributed by atoms with Crippen molar-refractivity contribution in [3.63, 3.8) is 0 Å². The number of phenolic OH excluding ortho intramolecular Hbond substituents is 1. The van der Waals surface area contributed by atoms with Crippen molar-refractivity contribution in [2.75, 3.05) is 7.11 Å². The van der Waals surface area contributed by atoms with Gasteiger partial charge in [-0.2, -0.15) is 0 Å². The molecular weight excluding hydrogens is 302 g/mol. The van der Waals surface area contributed by atoms with Gasteiger partial charge in [-0.15, -0.1) is 0 Å². The monoisotopic (exact) mass is 315 g/mol. The second-order valence-electron chi connectivity index (χ2n) is 4.60. The number of hydrogen-bond donors (Lipinski definition) is 2. The third-order valence-electron chi connectivity index (χ3n) is 3.13. The maximum Gasteiger partial charge on any atom is 0.336 e. The van der Waals surface area contributed by atoms with Crippen LogP contribution in [-0.2, 0) is 4.79 Å². The number of nitro benzene ring substituents is 1. The van der Waals surface area contributed by atoms with E-state index in [0.717, 1.165) is 0 Å². The Balaban J connectivity index is 2.45. The molecule has 0 radical (unpaired) electrons. The quantitative estimate of drug-likeness (QED) is 0.380. The molecule has 2 N–H and O–H groups in total. The molecule has 7 heteroatoms. The number of hydrogen-bond acceptors (Lipinski definition) is 5. The number of carbonyl (C=O) groups is 1. The third-order valence-corrected chi connectivity index (χ3v) is 3.13. The topological polar surface area (TPSA) is 110 Å². The molecule has 0 fully saturated rings. The molecule has 0 spiro atoms. The molecule has 0 aliphatic heterocycles. The fourth-order valence-corrected chi connectivity index (χ4v) is 1.98. The van der Waals surface area contributed by atoms with Crippen LogP contribution in [0.5, 0.6) is 11.5 Å². The summed E-state index contributed by atoms with van der Waals surface area (Å²) in [5.74, 6) is -1.02. The molecule has 0 aliphatic rings. The van der Waals surface area contributed by atoms with Crippen LogP contribution in [-0.4, -0.2) is 28.2 Å². The lowest BCUT2D eigenvalue weighted by Crippen LogP contribution is -2.00. The van der Waals surface area contributed by atoms with E-state index >= 15 is 0 Å². The maximum absolute atomic E-state index is 11.5. The molecule has 2 rings (SSSR count). The van der Waals surface area contributed by atoms with Crippen LogP contribution in [0, 0.1) is 10.1 Å². The summed E-state index contributed by atoms with van der Waals surface area (Å²) < 4.78 is 4.97. The SMILES string of the molecule is COc1cc(C=C(C(=O)O)c2ccc([N+](=O)[O-])cc2)ccc1O. The number of aromatic hydroxyl groups is 1. The van der Waals surface area contributed by atoms with E-state index in [1.54, 1.807) is 0 Å². The zero-order chi connectivity index (χ0) is 17.0. The number of phenols is 1. The van der Waals surface area contributed by atoms with Crippen LogP contribution in [0.2, 0.25) is 0 Å². The fraction of sp³-hybridized carbons (Fsp3) is 0.0625. The van der Waals surface area contributed by atoms with E-state index in [0.29, 0.717) is 11.1 Å². The number of aliphatic carboxylic acids is 1. The van der Waals surface area contributed by atoms with Gasteiger partial charge in [-0.25, -0.2) is 4.79 Å². The van der Waals surface area contributed by atoms with Crippen molar-refractivity contribution in [1.29, 1.82) is 0 Å². The van der Waals surface area contributed by atoms with Crippen molar-refractivity contribution in [3.8, 4) is 11.5 Å². The van der Waals surface area contributed by atoms with Crippen LogP contribution in [0.25, 0.3) is 11.6 Å². The van der Waals surface area contributed by atoms with Crippen LogP contribution in [0.15, 0.2) is 42.5 Å². The Morgan fingerprint density at radius 1 is 1.22 bits per heavy atom. The summed E-state index contributed by atoms with van der Waals surface area (Å²) in [6.45, 7) is 0. The first-order valence-electron chi connectivity index (χ1n) is 6.49. The molecule has 23 heavy (non-hydrogen) atoms. The lowest BCUT2D eigenvalue weighted by molar-refractivity contribution is -0.384. The van der Waals surface area contributed by atoms with Crippen LogP contribution in [0.4, 0.5) is 5.69 Å². The largest absolute Gasteiger partial charge is 0.504 e. The van der Waals surface area contributed by atoms with E-state index in [1.165, 1.54) is 55.7 Å².